The van der Waals surface area contributed by atoms with Gasteiger partial charge in [0.05, 0.1) is 26.4 Å². The first-order valence-corrected chi connectivity index (χ1v) is 10.4. The summed E-state index contributed by atoms with van der Waals surface area (Å²) in [5.74, 6) is 0.827. The summed E-state index contributed by atoms with van der Waals surface area (Å²) in [6.07, 6.45) is 1.96. The molecule has 0 amide bonds. The van der Waals surface area contributed by atoms with Crippen molar-refractivity contribution in [3.05, 3.63) is 102 Å². The molecule has 0 aliphatic rings. The van der Waals surface area contributed by atoms with E-state index in [9.17, 15) is 10.0 Å². The Balaban J connectivity index is 1.48. The smallest absolute Gasteiger partial charge is 0.488 e. The molecule has 0 spiro atoms. The van der Waals surface area contributed by atoms with Crippen LogP contribution in [-0.2, 0) is 19.6 Å². The third-order valence-corrected chi connectivity index (χ3v) is 5.22. The summed E-state index contributed by atoms with van der Waals surface area (Å²) in [6.45, 7) is 1.88. The lowest BCUT2D eigenvalue weighted by Gasteiger charge is -2.24. The van der Waals surface area contributed by atoms with Gasteiger partial charge < -0.3 is 19.7 Å². The molecule has 7 nitrogen and oxygen atoms in total. The van der Waals surface area contributed by atoms with Crippen LogP contribution in [0.2, 0.25) is 0 Å². The van der Waals surface area contributed by atoms with Crippen molar-refractivity contribution in [2.24, 2.45) is 0 Å². The maximum Gasteiger partial charge on any atom is 0.488 e. The fourth-order valence-electron chi connectivity index (χ4n) is 3.49. The lowest BCUT2D eigenvalue weighted by molar-refractivity contribution is 0.414. The van der Waals surface area contributed by atoms with Gasteiger partial charge in [-0.05, 0) is 40.9 Å². The molecule has 0 unspecified atom stereocenters. The Labute approximate surface area is 187 Å². The number of hydrogen-bond donors (Lipinski definition) is 2. The van der Waals surface area contributed by atoms with Gasteiger partial charge in [0.1, 0.15) is 11.4 Å². The molecule has 2 N–H and O–H groups in total. The second kappa shape index (κ2) is 10.1. The van der Waals surface area contributed by atoms with Crippen molar-refractivity contribution in [1.82, 2.24) is 15.0 Å². The molecule has 4 aromatic rings. The first-order valence-electron chi connectivity index (χ1n) is 10.4. The van der Waals surface area contributed by atoms with Gasteiger partial charge in [0, 0.05) is 12.2 Å². The molecule has 3 aromatic carbocycles. The third-order valence-electron chi connectivity index (χ3n) is 5.22. The van der Waals surface area contributed by atoms with Crippen LogP contribution in [0.5, 0.6) is 5.75 Å². The second-order valence-electron chi connectivity index (χ2n) is 7.56. The maximum absolute atomic E-state index is 9.32. The molecule has 0 aliphatic carbocycles. The average molecular weight is 428 g/mol. The Morgan fingerprint density at radius 2 is 1.56 bits per heavy atom. The normalized spacial score (nSPS) is 10.7. The zero-order chi connectivity index (χ0) is 22.3. The first-order chi connectivity index (χ1) is 15.6. The Hall–Kier alpha value is -3.62. The average Bonchev–Trinajstić information content (AvgIpc) is 3.27. The zero-order valence-corrected chi connectivity index (χ0v) is 17.9. The van der Waals surface area contributed by atoms with E-state index in [0.717, 1.165) is 28.3 Å². The van der Waals surface area contributed by atoms with Crippen molar-refractivity contribution in [3.8, 4) is 5.75 Å². The van der Waals surface area contributed by atoms with Crippen LogP contribution < -0.4 is 15.1 Å². The molecule has 8 heteroatoms. The molecule has 0 saturated heterocycles. The largest absolute Gasteiger partial charge is 0.497 e. The Kier molecular flexibility index (Phi) is 6.84. The highest BCUT2D eigenvalue weighted by molar-refractivity contribution is 6.58. The van der Waals surface area contributed by atoms with E-state index < -0.39 is 7.12 Å². The fraction of sp³-hybridized carbons (Fsp3) is 0.167. The molecule has 0 bridgehead atoms. The molecule has 32 heavy (non-hydrogen) atoms. The van der Waals surface area contributed by atoms with Crippen LogP contribution in [0, 0.1) is 0 Å². The zero-order valence-electron chi connectivity index (χ0n) is 17.9. The number of ether oxygens (including phenoxy) is 1. The molecule has 0 radical (unpaired) electrons. The van der Waals surface area contributed by atoms with E-state index >= 15 is 0 Å². The molecule has 0 aliphatic heterocycles. The van der Waals surface area contributed by atoms with Gasteiger partial charge in [0.25, 0.3) is 0 Å². The SMILES string of the molecule is COc1ccc(Cn2cc(CN(Cc3ccc(B(O)O)cc3)c3ccccc3)nn2)cc1. The van der Waals surface area contributed by atoms with Crippen molar-refractivity contribution < 1.29 is 14.8 Å². The van der Waals surface area contributed by atoms with Crippen molar-refractivity contribution in [3.63, 3.8) is 0 Å². The summed E-state index contributed by atoms with van der Waals surface area (Å²) in [5, 5.41) is 27.3. The maximum atomic E-state index is 9.32. The van der Waals surface area contributed by atoms with Crippen LogP contribution >= 0.6 is 0 Å². The number of rotatable bonds is 9. The Morgan fingerprint density at radius 1 is 0.875 bits per heavy atom. The number of anilines is 1. The standard InChI is InChI=1S/C24H25BN4O3/c1-32-24-13-9-20(10-14-24)16-29-18-22(26-27-29)17-28(23-5-3-2-4-6-23)15-19-7-11-21(12-8-19)25(30)31/h2-14,18,30-31H,15-17H2,1H3. The highest BCUT2D eigenvalue weighted by Crippen LogP contribution is 2.19. The molecule has 0 atom stereocenters. The van der Waals surface area contributed by atoms with Gasteiger partial charge in [-0.25, -0.2) is 4.68 Å². The Bertz CT molecular complexity index is 1120. The van der Waals surface area contributed by atoms with Gasteiger partial charge in [-0.3, -0.25) is 0 Å². The quantitative estimate of drug-likeness (QED) is 0.398. The number of hydrogen-bond acceptors (Lipinski definition) is 6. The van der Waals surface area contributed by atoms with Gasteiger partial charge in [-0.1, -0.05) is 59.8 Å². The summed E-state index contributed by atoms with van der Waals surface area (Å²) in [6, 6.07) is 25.3. The summed E-state index contributed by atoms with van der Waals surface area (Å²) in [4.78, 5) is 2.21. The number of methoxy groups -OCH3 is 1. The van der Waals surface area contributed by atoms with Crippen LogP contribution in [0.3, 0.4) is 0 Å². The fourth-order valence-corrected chi connectivity index (χ4v) is 3.49. The minimum absolute atomic E-state index is 0.474. The van der Waals surface area contributed by atoms with Crippen molar-refractivity contribution in [1.29, 1.82) is 0 Å². The predicted molar refractivity (Wildman–Crippen MR) is 125 cm³/mol. The first kappa shape index (κ1) is 21.6. The van der Waals surface area contributed by atoms with E-state index in [0.29, 0.717) is 25.1 Å². The van der Waals surface area contributed by atoms with Gasteiger partial charge in [-0.15, -0.1) is 5.10 Å². The summed E-state index contributed by atoms with van der Waals surface area (Å²) in [7, 11) is 0.191. The molecule has 1 aromatic heterocycles. The van der Waals surface area contributed by atoms with Gasteiger partial charge in [0.2, 0.25) is 0 Å². The lowest BCUT2D eigenvalue weighted by Crippen LogP contribution is -2.30. The third kappa shape index (κ3) is 5.54. The van der Waals surface area contributed by atoms with Gasteiger partial charge in [-0.2, -0.15) is 0 Å². The van der Waals surface area contributed by atoms with Crippen LogP contribution in [-0.4, -0.2) is 39.3 Å². The van der Waals surface area contributed by atoms with Gasteiger partial charge in [0.15, 0.2) is 0 Å². The monoisotopic (exact) mass is 428 g/mol. The van der Waals surface area contributed by atoms with Crippen LogP contribution in [0.1, 0.15) is 16.8 Å². The summed E-state index contributed by atoms with van der Waals surface area (Å²) < 4.78 is 7.04. The Morgan fingerprint density at radius 3 is 2.22 bits per heavy atom. The van der Waals surface area contributed by atoms with Crippen molar-refractivity contribution >= 4 is 18.3 Å². The van der Waals surface area contributed by atoms with E-state index in [1.165, 1.54) is 0 Å². The van der Waals surface area contributed by atoms with E-state index in [1.54, 1.807) is 19.2 Å². The molecule has 0 saturated carbocycles. The summed E-state index contributed by atoms with van der Waals surface area (Å²) in [5.41, 5.74) is 4.59. The molecule has 1 heterocycles. The summed E-state index contributed by atoms with van der Waals surface area (Å²) >= 11 is 0. The lowest BCUT2D eigenvalue weighted by atomic mass is 9.80. The van der Waals surface area contributed by atoms with Gasteiger partial charge >= 0.3 is 7.12 Å². The topological polar surface area (TPSA) is 83.6 Å². The van der Waals surface area contributed by atoms with Crippen LogP contribution in [0.15, 0.2) is 85.1 Å². The minimum Gasteiger partial charge on any atom is -0.497 e. The van der Waals surface area contributed by atoms with E-state index in [4.69, 9.17) is 4.74 Å². The number of para-hydroxylation sites is 1. The predicted octanol–water partition coefficient (Wildman–Crippen LogP) is 2.22. The molecule has 4 rings (SSSR count). The van der Waals surface area contributed by atoms with Crippen molar-refractivity contribution in [2.75, 3.05) is 12.0 Å². The number of aromatic nitrogens is 3. The highest BCUT2D eigenvalue weighted by Gasteiger charge is 2.13. The van der Waals surface area contributed by atoms with E-state index in [2.05, 4.69) is 27.3 Å². The number of benzene rings is 3. The van der Waals surface area contributed by atoms with E-state index in [-0.39, 0.29) is 0 Å². The van der Waals surface area contributed by atoms with E-state index in [1.807, 2.05) is 65.5 Å². The second-order valence-corrected chi connectivity index (χ2v) is 7.56. The molecular weight excluding hydrogens is 403 g/mol. The van der Waals surface area contributed by atoms with Crippen LogP contribution in [0.4, 0.5) is 5.69 Å². The number of nitrogens with zero attached hydrogens (tertiary/aromatic N) is 4. The minimum atomic E-state index is -1.46. The molecule has 162 valence electrons. The van der Waals surface area contributed by atoms with Crippen molar-refractivity contribution in [2.45, 2.75) is 19.6 Å². The molecular formula is C24H25BN4O3. The molecule has 0 fully saturated rings. The highest BCUT2D eigenvalue weighted by atomic mass is 16.5. The van der Waals surface area contributed by atoms with Crippen LogP contribution in [0.25, 0.3) is 0 Å².